The van der Waals surface area contributed by atoms with Gasteiger partial charge >= 0.3 is 0 Å². The van der Waals surface area contributed by atoms with Crippen LogP contribution in [0.1, 0.15) is 18.5 Å². The summed E-state index contributed by atoms with van der Waals surface area (Å²) in [4.78, 5) is 1.92. The van der Waals surface area contributed by atoms with Crippen molar-refractivity contribution in [1.82, 2.24) is 4.90 Å². The van der Waals surface area contributed by atoms with Crippen LogP contribution in [0.3, 0.4) is 0 Å². The molecule has 1 N–H and O–H groups in total. The highest BCUT2D eigenvalue weighted by Gasteiger charge is 2.17. The largest absolute Gasteiger partial charge is 0.395 e. The number of benzene rings is 1. The Morgan fingerprint density at radius 1 is 1.44 bits per heavy atom. The smallest absolute Gasteiger partial charge is 0.123 e. The van der Waals surface area contributed by atoms with Gasteiger partial charge in [-0.25, -0.2) is 0 Å². The van der Waals surface area contributed by atoms with Gasteiger partial charge in [0.15, 0.2) is 0 Å². The Labute approximate surface area is 101 Å². The molecule has 1 aromatic carbocycles. The molecular formula is C12H15ClN2O. The molecule has 3 nitrogen and oxygen atoms in total. The molecule has 0 spiro atoms. The lowest BCUT2D eigenvalue weighted by Gasteiger charge is -2.24. The molecule has 1 atom stereocenters. The molecule has 0 heterocycles. The average molecular weight is 239 g/mol. The van der Waals surface area contributed by atoms with Gasteiger partial charge in [-0.2, -0.15) is 5.26 Å². The fourth-order valence-electron chi connectivity index (χ4n) is 1.61. The Morgan fingerprint density at radius 3 is 2.50 bits per heavy atom. The number of nitriles is 1. The van der Waals surface area contributed by atoms with Crippen LogP contribution in [0.4, 0.5) is 0 Å². The summed E-state index contributed by atoms with van der Waals surface area (Å²) in [7, 11) is 0. The topological polar surface area (TPSA) is 47.3 Å². The molecule has 16 heavy (non-hydrogen) atoms. The molecule has 0 amide bonds. The highest BCUT2D eigenvalue weighted by atomic mass is 35.5. The van der Waals surface area contributed by atoms with E-state index in [0.717, 1.165) is 12.1 Å². The molecule has 0 aromatic heterocycles. The quantitative estimate of drug-likeness (QED) is 0.856. The van der Waals surface area contributed by atoms with Crippen molar-refractivity contribution >= 4 is 11.6 Å². The molecule has 86 valence electrons. The van der Waals surface area contributed by atoms with Crippen molar-refractivity contribution < 1.29 is 5.11 Å². The number of hydrogen-bond donors (Lipinski definition) is 1. The lowest BCUT2D eigenvalue weighted by atomic mass is 10.1. The van der Waals surface area contributed by atoms with Crippen molar-refractivity contribution in [2.45, 2.75) is 13.0 Å². The van der Waals surface area contributed by atoms with Crippen LogP contribution in [0.15, 0.2) is 24.3 Å². The maximum atomic E-state index is 9.17. The predicted octanol–water partition coefficient (Wildman–Crippen LogP) is 2.22. The van der Waals surface area contributed by atoms with Gasteiger partial charge in [-0.15, -0.1) is 0 Å². The summed E-state index contributed by atoms with van der Waals surface area (Å²) < 4.78 is 0. The molecule has 0 aliphatic carbocycles. The second-order valence-electron chi connectivity index (χ2n) is 3.44. The summed E-state index contributed by atoms with van der Waals surface area (Å²) in [6.45, 7) is 3.24. The highest BCUT2D eigenvalue weighted by Crippen LogP contribution is 2.21. The zero-order valence-electron chi connectivity index (χ0n) is 9.23. The standard InChI is InChI=1S/C12H15ClN2O/c1-2-15(7-8-16)12(9-14)10-3-5-11(13)6-4-10/h3-6,12,16H,2,7-8H2,1H3. The molecule has 0 aliphatic heterocycles. The maximum Gasteiger partial charge on any atom is 0.123 e. The van der Waals surface area contributed by atoms with E-state index < -0.39 is 0 Å². The first-order valence-electron chi connectivity index (χ1n) is 5.23. The third-order valence-corrected chi connectivity index (χ3v) is 2.72. The van der Waals surface area contributed by atoms with Crippen LogP contribution < -0.4 is 0 Å². The Kier molecular flexibility index (Phi) is 5.27. The van der Waals surface area contributed by atoms with E-state index in [1.54, 1.807) is 12.1 Å². The molecule has 0 aliphatic rings. The number of hydrogen-bond acceptors (Lipinski definition) is 3. The van der Waals surface area contributed by atoms with Crippen LogP contribution >= 0.6 is 11.6 Å². The SMILES string of the molecule is CCN(CCO)C(C#N)c1ccc(Cl)cc1. The van der Waals surface area contributed by atoms with Gasteiger partial charge in [-0.1, -0.05) is 30.7 Å². The van der Waals surface area contributed by atoms with Gasteiger partial charge in [0.05, 0.1) is 12.7 Å². The number of halogens is 1. The van der Waals surface area contributed by atoms with Gasteiger partial charge in [-0.05, 0) is 24.2 Å². The molecule has 0 saturated heterocycles. The molecule has 0 bridgehead atoms. The van der Waals surface area contributed by atoms with Crippen LogP contribution in [-0.2, 0) is 0 Å². The van der Waals surface area contributed by atoms with Crippen LogP contribution in [0.2, 0.25) is 5.02 Å². The van der Waals surface area contributed by atoms with Gasteiger partial charge in [0, 0.05) is 11.6 Å². The fourth-order valence-corrected chi connectivity index (χ4v) is 1.74. The number of nitrogens with zero attached hydrogens (tertiary/aromatic N) is 2. The zero-order chi connectivity index (χ0) is 12.0. The molecule has 0 fully saturated rings. The number of likely N-dealkylation sites (N-methyl/N-ethyl adjacent to an activating group) is 1. The van der Waals surface area contributed by atoms with E-state index in [9.17, 15) is 5.26 Å². The molecule has 1 rings (SSSR count). The summed E-state index contributed by atoms with van der Waals surface area (Å²) >= 11 is 5.80. The van der Waals surface area contributed by atoms with Crippen LogP contribution in [0.5, 0.6) is 0 Å². The van der Waals surface area contributed by atoms with E-state index >= 15 is 0 Å². The molecule has 4 heteroatoms. The normalized spacial score (nSPS) is 12.4. The van der Waals surface area contributed by atoms with E-state index in [4.69, 9.17) is 16.7 Å². The van der Waals surface area contributed by atoms with Crippen molar-refractivity contribution in [2.75, 3.05) is 19.7 Å². The van der Waals surface area contributed by atoms with Crippen molar-refractivity contribution in [3.63, 3.8) is 0 Å². The molecular weight excluding hydrogens is 224 g/mol. The van der Waals surface area contributed by atoms with Crippen LogP contribution in [0.25, 0.3) is 0 Å². The molecule has 1 aromatic rings. The van der Waals surface area contributed by atoms with Crippen molar-refractivity contribution in [1.29, 1.82) is 5.26 Å². The number of rotatable bonds is 5. The van der Waals surface area contributed by atoms with Crippen molar-refractivity contribution in [3.05, 3.63) is 34.9 Å². The minimum Gasteiger partial charge on any atom is -0.395 e. The minimum atomic E-state index is -0.325. The van der Waals surface area contributed by atoms with E-state index in [2.05, 4.69) is 6.07 Å². The maximum absolute atomic E-state index is 9.17. The van der Waals surface area contributed by atoms with E-state index in [1.807, 2.05) is 24.0 Å². The van der Waals surface area contributed by atoms with Gasteiger partial charge in [0.25, 0.3) is 0 Å². The van der Waals surface area contributed by atoms with E-state index in [1.165, 1.54) is 0 Å². The third-order valence-electron chi connectivity index (χ3n) is 2.47. The average Bonchev–Trinajstić information content (AvgIpc) is 2.31. The molecule has 0 saturated carbocycles. The van der Waals surface area contributed by atoms with E-state index in [0.29, 0.717) is 11.6 Å². The Bertz CT molecular complexity index is 358. The summed E-state index contributed by atoms with van der Waals surface area (Å²) in [6.07, 6.45) is 0. The summed E-state index contributed by atoms with van der Waals surface area (Å²) in [5.74, 6) is 0. The third kappa shape index (κ3) is 3.21. The van der Waals surface area contributed by atoms with Crippen LogP contribution in [0, 0.1) is 11.3 Å². The minimum absolute atomic E-state index is 0.0552. The van der Waals surface area contributed by atoms with Gasteiger partial charge in [-0.3, -0.25) is 4.90 Å². The van der Waals surface area contributed by atoms with Crippen LogP contribution in [-0.4, -0.2) is 29.7 Å². The summed E-state index contributed by atoms with van der Waals surface area (Å²) in [6, 6.07) is 9.15. The highest BCUT2D eigenvalue weighted by molar-refractivity contribution is 6.30. The van der Waals surface area contributed by atoms with Crippen molar-refractivity contribution in [2.24, 2.45) is 0 Å². The van der Waals surface area contributed by atoms with Gasteiger partial charge < -0.3 is 5.11 Å². The van der Waals surface area contributed by atoms with Crippen molar-refractivity contribution in [3.8, 4) is 6.07 Å². The molecule has 0 radical (unpaired) electrons. The molecule has 1 unspecified atom stereocenters. The summed E-state index contributed by atoms with van der Waals surface area (Å²) in [5, 5.41) is 18.8. The second-order valence-corrected chi connectivity index (χ2v) is 3.87. The first-order chi connectivity index (χ1) is 7.72. The first kappa shape index (κ1) is 13.0. The fraction of sp³-hybridized carbons (Fsp3) is 0.417. The number of aliphatic hydroxyl groups excluding tert-OH is 1. The van der Waals surface area contributed by atoms with Gasteiger partial charge in [0.1, 0.15) is 6.04 Å². The summed E-state index contributed by atoms with van der Waals surface area (Å²) in [5.41, 5.74) is 0.905. The lowest BCUT2D eigenvalue weighted by Crippen LogP contribution is -2.30. The Morgan fingerprint density at radius 2 is 2.06 bits per heavy atom. The second kappa shape index (κ2) is 6.49. The van der Waals surface area contributed by atoms with Gasteiger partial charge in [0.2, 0.25) is 0 Å². The Balaban J connectivity index is 2.89. The lowest BCUT2D eigenvalue weighted by molar-refractivity contribution is 0.180. The number of aliphatic hydroxyl groups is 1. The first-order valence-corrected chi connectivity index (χ1v) is 5.60. The Hall–Kier alpha value is -1.08. The van der Waals surface area contributed by atoms with E-state index in [-0.39, 0.29) is 12.6 Å². The predicted molar refractivity (Wildman–Crippen MR) is 64.1 cm³/mol. The monoisotopic (exact) mass is 238 g/mol. The zero-order valence-corrected chi connectivity index (χ0v) is 9.98.